The lowest BCUT2D eigenvalue weighted by Gasteiger charge is -2.25. The number of fused-ring (bicyclic) bond motifs is 1. The summed E-state index contributed by atoms with van der Waals surface area (Å²) < 4.78 is 13.6. The van der Waals surface area contributed by atoms with Crippen molar-refractivity contribution in [1.82, 2.24) is 24.7 Å². The third-order valence-corrected chi connectivity index (χ3v) is 4.45. The minimum absolute atomic E-state index is 0.0133. The molecule has 4 aromatic rings. The van der Waals surface area contributed by atoms with Gasteiger partial charge in [0.15, 0.2) is 5.69 Å². The van der Waals surface area contributed by atoms with Gasteiger partial charge in [0, 0.05) is 18.0 Å². The van der Waals surface area contributed by atoms with Crippen molar-refractivity contribution in [3.8, 4) is 23.0 Å². The van der Waals surface area contributed by atoms with Crippen molar-refractivity contribution in [3.63, 3.8) is 0 Å². The Morgan fingerprint density at radius 1 is 1.08 bits per heavy atom. The maximum absolute atomic E-state index is 6.04. The largest absolute Gasteiger partial charge is 0.365 e. The molecular weight excluding hydrogens is 330 g/mol. The quantitative estimate of drug-likeness (QED) is 0.567. The van der Waals surface area contributed by atoms with Gasteiger partial charge in [-0.2, -0.15) is 4.98 Å². The van der Waals surface area contributed by atoms with Crippen molar-refractivity contribution in [3.05, 3.63) is 72.4 Å². The van der Waals surface area contributed by atoms with Gasteiger partial charge in [0.2, 0.25) is 5.82 Å². The molecule has 0 fully saturated rings. The predicted molar refractivity (Wildman–Crippen MR) is 92.7 cm³/mol. The van der Waals surface area contributed by atoms with E-state index >= 15 is 0 Å². The molecule has 3 aromatic heterocycles. The summed E-state index contributed by atoms with van der Waals surface area (Å²) in [6, 6.07) is 13.9. The van der Waals surface area contributed by atoms with E-state index in [2.05, 4.69) is 36.8 Å². The first-order chi connectivity index (χ1) is 12.9. The zero-order chi connectivity index (χ0) is 17.3. The van der Waals surface area contributed by atoms with E-state index in [0.29, 0.717) is 30.6 Å². The first-order valence-corrected chi connectivity index (χ1v) is 8.33. The van der Waals surface area contributed by atoms with Gasteiger partial charge >= 0.3 is 0 Å². The lowest BCUT2D eigenvalue weighted by atomic mass is 10.1. The summed E-state index contributed by atoms with van der Waals surface area (Å²) in [6.45, 7) is 1.15. The van der Waals surface area contributed by atoms with E-state index in [1.54, 1.807) is 18.7 Å². The van der Waals surface area contributed by atoms with Gasteiger partial charge in [0.25, 0.3) is 5.89 Å². The summed E-state index contributed by atoms with van der Waals surface area (Å²) in [7, 11) is 0. The number of hydrogen-bond acceptors (Lipinski definition) is 6. The van der Waals surface area contributed by atoms with Gasteiger partial charge in [0.05, 0.1) is 25.2 Å². The second-order valence-electron chi connectivity index (χ2n) is 6.07. The Hall–Kier alpha value is -3.32. The maximum Gasteiger partial charge on any atom is 0.278 e. The van der Waals surface area contributed by atoms with Crippen LogP contribution in [-0.4, -0.2) is 24.7 Å². The molecule has 0 spiro atoms. The Labute approximate surface area is 149 Å². The molecule has 1 aliphatic rings. The highest BCUT2D eigenvalue weighted by Crippen LogP contribution is 2.31. The van der Waals surface area contributed by atoms with Crippen LogP contribution in [-0.2, 0) is 17.9 Å². The second-order valence-corrected chi connectivity index (χ2v) is 6.07. The average Bonchev–Trinajstić information content (AvgIpc) is 3.36. The normalized spacial score (nSPS) is 16.4. The SMILES string of the molecule is c1ccc([C@H]2Cn3cnc(-c4nc(-c5cccnc5)no4)c3CO2)cc1. The Bertz CT molecular complexity index is 1030. The molecule has 0 saturated heterocycles. The van der Waals surface area contributed by atoms with Crippen LogP contribution in [0.1, 0.15) is 17.4 Å². The number of hydrogen-bond donors (Lipinski definition) is 0. The van der Waals surface area contributed by atoms with Gasteiger partial charge in [-0.05, 0) is 17.7 Å². The molecule has 7 heteroatoms. The highest BCUT2D eigenvalue weighted by molar-refractivity contribution is 5.58. The zero-order valence-corrected chi connectivity index (χ0v) is 13.8. The predicted octanol–water partition coefficient (Wildman–Crippen LogP) is 3.27. The number of nitrogens with zero attached hydrogens (tertiary/aromatic N) is 5. The zero-order valence-electron chi connectivity index (χ0n) is 13.8. The van der Waals surface area contributed by atoms with E-state index < -0.39 is 0 Å². The molecule has 4 heterocycles. The van der Waals surface area contributed by atoms with Crippen molar-refractivity contribution < 1.29 is 9.26 Å². The first-order valence-electron chi connectivity index (χ1n) is 8.33. The van der Waals surface area contributed by atoms with Crippen molar-refractivity contribution in [2.45, 2.75) is 19.3 Å². The summed E-state index contributed by atoms with van der Waals surface area (Å²) >= 11 is 0. The van der Waals surface area contributed by atoms with Crippen molar-refractivity contribution >= 4 is 0 Å². The minimum Gasteiger partial charge on any atom is -0.365 e. The standard InChI is InChI=1S/C19H15N5O2/c1-2-5-13(6-3-1)16-10-24-12-21-17(15(24)11-25-16)19-22-18(23-26-19)14-7-4-8-20-9-14/h1-9,12,16H,10-11H2/t16-/m1/s1. The summed E-state index contributed by atoms with van der Waals surface area (Å²) in [6.07, 6.45) is 5.22. The topological polar surface area (TPSA) is 78.9 Å². The number of ether oxygens (including phenoxy) is 1. The van der Waals surface area contributed by atoms with E-state index in [-0.39, 0.29) is 6.10 Å². The van der Waals surface area contributed by atoms with Crippen LogP contribution in [0.4, 0.5) is 0 Å². The molecule has 1 atom stereocenters. The summed E-state index contributed by atoms with van der Waals surface area (Å²) in [5, 5.41) is 4.04. The Morgan fingerprint density at radius 2 is 2.00 bits per heavy atom. The van der Waals surface area contributed by atoms with Gasteiger partial charge in [-0.3, -0.25) is 4.98 Å². The van der Waals surface area contributed by atoms with Crippen molar-refractivity contribution in [2.24, 2.45) is 0 Å². The van der Waals surface area contributed by atoms with Gasteiger partial charge in [0.1, 0.15) is 6.10 Å². The van der Waals surface area contributed by atoms with Crippen LogP contribution >= 0.6 is 0 Å². The average molecular weight is 345 g/mol. The number of rotatable bonds is 3. The maximum atomic E-state index is 6.04. The number of pyridine rings is 1. The third-order valence-electron chi connectivity index (χ3n) is 4.45. The molecule has 0 aliphatic carbocycles. The molecule has 0 unspecified atom stereocenters. The van der Waals surface area contributed by atoms with Gasteiger partial charge < -0.3 is 13.8 Å². The highest BCUT2D eigenvalue weighted by atomic mass is 16.5. The van der Waals surface area contributed by atoms with Gasteiger partial charge in [-0.1, -0.05) is 35.5 Å². The fourth-order valence-corrected chi connectivity index (χ4v) is 3.11. The smallest absolute Gasteiger partial charge is 0.278 e. The molecular formula is C19H15N5O2. The molecule has 1 aromatic carbocycles. The van der Waals surface area contributed by atoms with E-state index in [1.807, 2.05) is 30.3 Å². The van der Waals surface area contributed by atoms with Gasteiger partial charge in [-0.25, -0.2) is 4.98 Å². The molecule has 0 bridgehead atoms. The monoisotopic (exact) mass is 345 g/mol. The Balaban J connectivity index is 1.43. The van der Waals surface area contributed by atoms with Crippen LogP contribution in [0.2, 0.25) is 0 Å². The van der Waals surface area contributed by atoms with Gasteiger partial charge in [-0.15, -0.1) is 0 Å². The summed E-state index contributed by atoms with van der Waals surface area (Å²) in [4.78, 5) is 13.0. The lowest BCUT2D eigenvalue weighted by molar-refractivity contribution is 0.00330. The Morgan fingerprint density at radius 3 is 2.85 bits per heavy atom. The lowest BCUT2D eigenvalue weighted by Crippen LogP contribution is -2.20. The molecule has 26 heavy (non-hydrogen) atoms. The molecule has 0 N–H and O–H groups in total. The molecule has 0 radical (unpaired) electrons. The highest BCUT2D eigenvalue weighted by Gasteiger charge is 2.26. The summed E-state index contributed by atoms with van der Waals surface area (Å²) in [5.41, 5.74) is 3.57. The van der Waals surface area contributed by atoms with E-state index in [4.69, 9.17) is 9.26 Å². The summed E-state index contributed by atoms with van der Waals surface area (Å²) in [5.74, 6) is 0.883. The van der Waals surface area contributed by atoms with Crippen LogP contribution in [0.15, 0.2) is 65.7 Å². The molecule has 7 nitrogen and oxygen atoms in total. The van der Waals surface area contributed by atoms with Crippen molar-refractivity contribution in [2.75, 3.05) is 0 Å². The van der Waals surface area contributed by atoms with Crippen LogP contribution < -0.4 is 0 Å². The van der Waals surface area contributed by atoms with Crippen LogP contribution in [0, 0.1) is 0 Å². The minimum atomic E-state index is 0.0133. The van der Waals surface area contributed by atoms with Crippen LogP contribution in [0.3, 0.4) is 0 Å². The Kier molecular flexibility index (Phi) is 3.57. The molecule has 0 amide bonds. The van der Waals surface area contributed by atoms with Crippen molar-refractivity contribution in [1.29, 1.82) is 0 Å². The molecule has 5 rings (SSSR count). The van der Waals surface area contributed by atoms with Crippen LogP contribution in [0.5, 0.6) is 0 Å². The third kappa shape index (κ3) is 2.58. The van der Waals surface area contributed by atoms with Crippen LogP contribution in [0.25, 0.3) is 23.0 Å². The molecule has 0 saturated carbocycles. The number of aromatic nitrogens is 5. The molecule has 128 valence electrons. The first kappa shape index (κ1) is 15.0. The van der Waals surface area contributed by atoms with E-state index in [0.717, 1.165) is 16.8 Å². The molecule has 1 aliphatic heterocycles. The second kappa shape index (κ2) is 6.20. The number of benzene rings is 1. The fourth-order valence-electron chi connectivity index (χ4n) is 3.11. The number of imidazole rings is 1. The fraction of sp³-hybridized carbons (Fsp3) is 0.158. The van der Waals surface area contributed by atoms with E-state index in [1.165, 1.54) is 0 Å². The van der Waals surface area contributed by atoms with E-state index in [9.17, 15) is 0 Å².